The Bertz CT molecular complexity index is 1650. The van der Waals surface area contributed by atoms with Crippen LogP contribution in [0.4, 0.5) is 0 Å². The second-order valence-electron chi connectivity index (χ2n) is 13.1. The summed E-state index contributed by atoms with van der Waals surface area (Å²) in [6.45, 7) is 16.3. The lowest BCUT2D eigenvalue weighted by molar-refractivity contribution is 0.587. The molecule has 4 bridgehead atoms. The molecule has 0 amide bonds. The van der Waals surface area contributed by atoms with Crippen molar-refractivity contribution in [1.29, 1.82) is 0 Å². The van der Waals surface area contributed by atoms with Crippen molar-refractivity contribution in [2.24, 2.45) is 0 Å². The molecular formula is C35H37Br. The van der Waals surface area contributed by atoms with Crippen molar-refractivity contribution in [2.45, 2.75) is 85.0 Å². The molecule has 36 heavy (non-hydrogen) atoms. The second-order valence-corrected chi connectivity index (χ2v) is 14.0. The van der Waals surface area contributed by atoms with Crippen molar-refractivity contribution in [2.75, 3.05) is 0 Å². The van der Waals surface area contributed by atoms with E-state index in [0.29, 0.717) is 0 Å². The summed E-state index contributed by atoms with van der Waals surface area (Å²) in [4.78, 5) is 0. The van der Waals surface area contributed by atoms with Crippen molar-refractivity contribution < 1.29 is 0 Å². The number of rotatable bonds is 0. The molecule has 5 aromatic rings. The third kappa shape index (κ3) is 3.77. The predicted octanol–water partition coefficient (Wildman–Crippen LogP) is 10.1. The monoisotopic (exact) mass is 536 g/mol. The molecule has 0 aliphatic heterocycles. The van der Waals surface area contributed by atoms with Gasteiger partial charge in [0.15, 0.2) is 0 Å². The maximum atomic E-state index is 4.00. The molecular weight excluding hydrogens is 500 g/mol. The minimum absolute atomic E-state index is 0.119. The van der Waals surface area contributed by atoms with Gasteiger partial charge in [0, 0.05) is 4.47 Å². The zero-order valence-corrected chi connectivity index (χ0v) is 24.4. The average Bonchev–Trinajstić information content (AvgIpc) is 2.80. The lowest BCUT2D eigenvalue weighted by Crippen LogP contribution is -2.14. The van der Waals surface area contributed by atoms with Crippen molar-refractivity contribution >= 4 is 48.2 Å². The topological polar surface area (TPSA) is 0 Å². The van der Waals surface area contributed by atoms with Crippen LogP contribution in [0.15, 0.2) is 53.0 Å². The minimum atomic E-state index is 0.119. The standard InChI is InChI=1S/C35H37Br/c1-20-21-8-10-23-14-24(11-9-22(20)16-26(15-21)34(2,3)4)29-19-31(36)30-18-27(35(5,6)7)17-25-12-13-28(23)33(29)32(25)30/h12-19H,8-11H2,1-7H3. The van der Waals surface area contributed by atoms with Gasteiger partial charge in [0.2, 0.25) is 0 Å². The summed E-state index contributed by atoms with van der Waals surface area (Å²) in [6.07, 6.45) is 4.36. The molecule has 1 aliphatic rings. The van der Waals surface area contributed by atoms with E-state index >= 15 is 0 Å². The van der Waals surface area contributed by atoms with Gasteiger partial charge in [-0.1, -0.05) is 93.9 Å². The Balaban J connectivity index is 1.62. The first-order chi connectivity index (χ1) is 16.9. The van der Waals surface area contributed by atoms with Crippen molar-refractivity contribution in [3.05, 3.63) is 91.9 Å². The van der Waals surface area contributed by atoms with E-state index in [4.69, 9.17) is 0 Å². The van der Waals surface area contributed by atoms with Gasteiger partial charge in [-0.3, -0.25) is 0 Å². The van der Waals surface area contributed by atoms with E-state index in [1.165, 1.54) is 75.7 Å². The number of halogens is 1. The van der Waals surface area contributed by atoms with Crippen LogP contribution in [0.1, 0.15) is 80.5 Å². The van der Waals surface area contributed by atoms with Crippen molar-refractivity contribution in [3.8, 4) is 0 Å². The maximum absolute atomic E-state index is 4.00. The smallest absolute Gasteiger partial charge is 0.0260 e. The van der Waals surface area contributed by atoms with Crippen LogP contribution in [0.2, 0.25) is 0 Å². The molecule has 1 heteroatoms. The van der Waals surface area contributed by atoms with Crippen LogP contribution < -0.4 is 0 Å². The first-order valence-corrected chi connectivity index (χ1v) is 14.3. The molecule has 0 aromatic heterocycles. The molecule has 0 unspecified atom stereocenters. The van der Waals surface area contributed by atoms with E-state index in [1.54, 1.807) is 0 Å². The highest BCUT2D eigenvalue weighted by atomic mass is 79.9. The van der Waals surface area contributed by atoms with Gasteiger partial charge in [-0.15, -0.1) is 0 Å². The summed E-state index contributed by atoms with van der Waals surface area (Å²) in [5.41, 5.74) is 10.7. The third-order valence-electron chi connectivity index (χ3n) is 8.64. The van der Waals surface area contributed by atoms with E-state index in [0.717, 1.165) is 25.7 Å². The molecule has 0 fully saturated rings. The second kappa shape index (κ2) is 8.06. The Morgan fingerprint density at radius 2 is 1.11 bits per heavy atom. The SMILES string of the molecule is Cc1c2cc(C(C)(C)C)cc1CCc1cc(c3ccc4cc(C(C)(C)C)cc5c(Br)cc1c3c45)CC2. The number of aryl methyl sites for hydroxylation is 4. The summed E-state index contributed by atoms with van der Waals surface area (Å²) >= 11 is 4.00. The van der Waals surface area contributed by atoms with Crippen LogP contribution >= 0.6 is 15.9 Å². The zero-order chi connectivity index (χ0) is 25.6. The van der Waals surface area contributed by atoms with E-state index in [-0.39, 0.29) is 10.8 Å². The summed E-state index contributed by atoms with van der Waals surface area (Å²) in [5.74, 6) is 0. The fraction of sp³-hybridized carbons (Fsp3) is 0.371. The number of benzene rings is 5. The van der Waals surface area contributed by atoms with Crippen molar-refractivity contribution in [1.82, 2.24) is 0 Å². The van der Waals surface area contributed by atoms with Gasteiger partial charge in [-0.25, -0.2) is 0 Å². The number of hydrogen-bond acceptors (Lipinski definition) is 0. The van der Waals surface area contributed by atoms with Crippen molar-refractivity contribution in [3.63, 3.8) is 0 Å². The van der Waals surface area contributed by atoms with Crippen LogP contribution in [0.5, 0.6) is 0 Å². The molecule has 0 saturated heterocycles. The zero-order valence-electron chi connectivity index (χ0n) is 22.8. The molecule has 184 valence electrons. The Kier molecular flexibility index (Phi) is 5.37. The van der Waals surface area contributed by atoms with Gasteiger partial charge in [-0.05, 0) is 127 Å². The minimum Gasteiger partial charge on any atom is -0.0561 e. The van der Waals surface area contributed by atoms with Gasteiger partial charge < -0.3 is 0 Å². The molecule has 0 nitrogen and oxygen atoms in total. The number of fused-ring (bicyclic) bond motifs is 6. The lowest BCUT2D eigenvalue weighted by atomic mass is 9.79. The Morgan fingerprint density at radius 3 is 1.72 bits per heavy atom. The average molecular weight is 538 g/mol. The third-order valence-corrected chi connectivity index (χ3v) is 9.29. The lowest BCUT2D eigenvalue weighted by Gasteiger charge is -2.26. The largest absolute Gasteiger partial charge is 0.0561 e. The van der Waals surface area contributed by atoms with Gasteiger partial charge in [0.05, 0.1) is 0 Å². The fourth-order valence-electron chi connectivity index (χ4n) is 6.28. The molecule has 0 saturated carbocycles. The Hall–Kier alpha value is -2.38. The Morgan fingerprint density at radius 1 is 0.556 bits per heavy atom. The normalized spacial score (nSPS) is 14.8. The van der Waals surface area contributed by atoms with Crippen LogP contribution in [0.3, 0.4) is 0 Å². The Labute approximate surface area is 224 Å². The fourth-order valence-corrected chi connectivity index (χ4v) is 6.82. The van der Waals surface area contributed by atoms with E-state index < -0.39 is 0 Å². The van der Waals surface area contributed by atoms with Gasteiger partial charge in [0.1, 0.15) is 0 Å². The summed E-state index contributed by atoms with van der Waals surface area (Å²) < 4.78 is 1.22. The van der Waals surface area contributed by atoms with Gasteiger partial charge in [0.25, 0.3) is 0 Å². The maximum Gasteiger partial charge on any atom is 0.0260 e. The molecule has 0 atom stereocenters. The molecule has 0 heterocycles. The van der Waals surface area contributed by atoms with Gasteiger partial charge in [-0.2, -0.15) is 0 Å². The first kappa shape index (κ1) is 24.0. The number of hydrogen-bond donors (Lipinski definition) is 0. The van der Waals surface area contributed by atoms with E-state index in [2.05, 4.69) is 113 Å². The van der Waals surface area contributed by atoms with Crippen LogP contribution in [0.25, 0.3) is 32.3 Å². The predicted molar refractivity (Wildman–Crippen MR) is 161 cm³/mol. The quantitative estimate of drug-likeness (QED) is 0.172. The molecule has 0 spiro atoms. The highest BCUT2D eigenvalue weighted by Crippen LogP contribution is 2.44. The summed E-state index contributed by atoms with van der Waals surface area (Å²) in [5, 5.41) is 8.47. The summed E-state index contributed by atoms with van der Waals surface area (Å²) in [6, 6.07) is 19.5. The molecule has 0 N–H and O–H groups in total. The highest BCUT2D eigenvalue weighted by Gasteiger charge is 2.23. The van der Waals surface area contributed by atoms with Gasteiger partial charge >= 0.3 is 0 Å². The first-order valence-electron chi connectivity index (χ1n) is 13.5. The van der Waals surface area contributed by atoms with Crippen LogP contribution in [-0.2, 0) is 36.5 Å². The molecule has 6 rings (SSSR count). The van der Waals surface area contributed by atoms with Crippen LogP contribution in [0, 0.1) is 6.92 Å². The summed E-state index contributed by atoms with van der Waals surface area (Å²) in [7, 11) is 0. The highest BCUT2D eigenvalue weighted by molar-refractivity contribution is 9.10. The van der Waals surface area contributed by atoms with E-state index in [1.807, 2.05) is 0 Å². The molecule has 0 radical (unpaired) electrons. The van der Waals surface area contributed by atoms with E-state index in [9.17, 15) is 0 Å². The molecule has 5 aromatic carbocycles. The molecule has 1 aliphatic carbocycles. The van der Waals surface area contributed by atoms with Crippen LogP contribution in [-0.4, -0.2) is 0 Å².